The molecule has 1 amide bonds. The molecule has 10 heteroatoms. The van der Waals surface area contributed by atoms with Crippen LogP contribution in [0.15, 0.2) is 54.6 Å². The van der Waals surface area contributed by atoms with Crippen LogP contribution in [0.2, 0.25) is 0 Å². The molecular formula is C23H19F2N5O3. The van der Waals surface area contributed by atoms with E-state index in [0.29, 0.717) is 22.5 Å². The first-order chi connectivity index (χ1) is 15.7. The number of rotatable bonds is 6. The third-order valence-electron chi connectivity index (χ3n) is 5.13. The summed E-state index contributed by atoms with van der Waals surface area (Å²) in [6.45, 7) is 2.91. The van der Waals surface area contributed by atoms with E-state index in [-0.39, 0.29) is 34.5 Å². The normalized spacial score (nSPS) is 11.2. The number of carbonyl (C=O) groups excluding carboxylic acids is 1. The molecule has 0 saturated heterocycles. The van der Waals surface area contributed by atoms with E-state index in [1.54, 1.807) is 50.2 Å². The number of anilines is 1. The van der Waals surface area contributed by atoms with E-state index in [4.69, 9.17) is 0 Å². The molecule has 2 aromatic heterocycles. The van der Waals surface area contributed by atoms with E-state index < -0.39 is 17.3 Å². The van der Waals surface area contributed by atoms with Crippen molar-refractivity contribution in [2.45, 2.75) is 26.8 Å². The molecule has 0 fully saturated rings. The van der Waals surface area contributed by atoms with Crippen LogP contribution in [-0.2, 0) is 11.3 Å². The van der Waals surface area contributed by atoms with E-state index in [1.165, 1.54) is 22.9 Å². The number of aromatic nitrogens is 3. The third kappa shape index (κ3) is 4.40. The van der Waals surface area contributed by atoms with Crippen LogP contribution in [0.1, 0.15) is 23.2 Å². The van der Waals surface area contributed by atoms with Crippen molar-refractivity contribution in [3.8, 4) is 11.3 Å². The molecule has 0 aliphatic rings. The van der Waals surface area contributed by atoms with Gasteiger partial charge < -0.3 is 5.32 Å². The summed E-state index contributed by atoms with van der Waals surface area (Å²) in [6.07, 6.45) is -2.77. The molecule has 2 heterocycles. The predicted molar refractivity (Wildman–Crippen MR) is 119 cm³/mol. The van der Waals surface area contributed by atoms with Crippen molar-refractivity contribution in [2.75, 3.05) is 5.32 Å². The van der Waals surface area contributed by atoms with Gasteiger partial charge in [0.2, 0.25) is 5.91 Å². The number of amides is 1. The number of hydrogen-bond acceptors (Lipinski definition) is 5. The number of nitrogens with one attached hydrogen (secondary N) is 1. The Balaban J connectivity index is 1.73. The molecule has 0 spiro atoms. The van der Waals surface area contributed by atoms with Crippen LogP contribution in [-0.4, -0.2) is 25.6 Å². The molecule has 0 aliphatic heterocycles. The highest BCUT2D eigenvalue weighted by Gasteiger charge is 2.23. The second-order valence-electron chi connectivity index (χ2n) is 7.53. The highest BCUT2D eigenvalue weighted by molar-refractivity contribution is 5.94. The summed E-state index contributed by atoms with van der Waals surface area (Å²) in [7, 11) is 0. The summed E-state index contributed by atoms with van der Waals surface area (Å²) in [4.78, 5) is 27.9. The van der Waals surface area contributed by atoms with Gasteiger partial charge in [-0.1, -0.05) is 36.4 Å². The number of pyridine rings is 1. The van der Waals surface area contributed by atoms with E-state index in [2.05, 4.69) is 15.4 Å². The van der Waals surface area contributed by atoms with Gasteiger partial charge in [-0.2, -0.15) is 5.10 Å². The standard InChI is InChI=1S/C23H19F2N5O3/c1-13-8-9-17(19(10-13)30(32)33)26-20(31)12-29-23-21(14(2)28-29)16(22(24)25)11-18(27-23)15-6-4-3-5-7-15/h3-11,22H,12H2,1-2H3,(H,26,31). The molecule has 0 unspecified atom stereocenters. The fraction of sp³-hybridized carbons (Fsp3) is 0.174. The van der Waals surface area contributed by atoms with Gasteiger partial charge in [0.05, 0.1) is 21.7 Å². The van der Waals surface area contributed by atoms with Crippen molar-refractivity contribution < 1.29 is 18.5 Å². The molecule has 8 nitrogen and oxygen atoms in total. The van der Waals surface area contributed by atoms with Crippen LogP contribution in [0, 0.1) is 24.0 Å². The maximum atomic E-state index is 13.9. The first kappa shape index (κ1) is 22.0. The lowest BCUT2D eigenvalue weighted by Gasteiger charge is -2.09. The van der Waals surface area contributed by atoms with Crippen molar-refractivity contribution in [3.05, 3.63) is 81.5 Å². The molecular weight excluding hydrogens is 432 g/mol. The zero-order valence-corrected chi connectivity index (χ0v) is 17.8. The van der Waals surface area contributed by atoms with Crippen LogP contribution < -0.4 is 5.32 Å². The number of aryl methyl sites for hydroxylation is 2. The van der Waals surface area contributed by atoms with Crippen molar-refractivity contribution in [1.82, 2.24) is 14.8 Å². The molecule has 0 radical (unpaired) electrons. The molecule has 0 atom stereocenters. The molecule has 4 rings (SSSR count). The summed E-state index contributed by atoms with van der Waals surface area (Å²) in [6, 6.07) is 14.6. The molecule has 2 aromatic carbocycles. The lowest BCUT2D eigenvalue weighted by Crippen LogP contribution is -2.20. The van der Waals surface area contributed by atoms with Gasteiger partial charge in [-0.3, -0.25) is 14.9 Å². The molecule has 1 N–H and O–H groups in total. The molecule has 4 aromatic rings. The maximum absolute atomic E-state index is 13.9. The molecule has 0 bridgehead atoms. The van der Waals surface area contributed by atoms with Crippen LogP contribution in [0.25, 0.3) is 22.3 Å². The van der Waals surface area contributed by atoms with Crippen molar-refractivity contribution in [2.24, 2.45) is 0 Å². The summed E-state index contributed by atoms with van der Waals surface area (Å²) < 4.78 is 29.0. The molecule has 168 valence electrons. The average molecular weight is 451 g/mol. The Kier molecular flexibility index (Phi) is 5.82. The number of nitro groups is 1. The van der Waals surface area contributed by atoms with Crippen molar-refractivity contribution in [3.63, 3.8) is 0 Å². The number of nitrogens with zero attached hydrogens (tertiary/aromatic N) is 4. The molecule has 33 heavy (non-hydrogen) atoms. The Morgan fingerprint density at radius 1 is 1.15 bits per heavy atom. The quantitative estimate of drug-likeness (QED) is 0.321. The lowest BCUT2D eigenvalue weighted by molar-refractivity contribution is -0.384. The number of fused-ring (bicyclic) bond motifs is 1. The fourth-order valence-corrected chi connectivity index (χ4v) is 3.65. The Bertz CT molecular complexity index is 1370. The zero-order valence-electron chi connectivity index (χ0n) is 17.8. The second kappa shape index (κ2) is 8.73. The highest BCUT2D eigenvalue weighted by atomic mass is 19.3. The number of carbonyl (C=O) groups is 1. The van der Waals surface area contributed by atoms with Gasteiger partial charge in [-0.25, -0.2) is 18.4 Å². The Morgan fingerprint density at radius 2 is 1.88 bits per heavy atom. The molecule has 0 saturated carbocycles. The average Bonchev–Trinajstić information content (AvgIpc) is 3.09. The van der Waals surface area contributed by atoms with E-state index in [1.807, 2.05) is 0 Å². The fourth-order valence-electron chi connectivity index (χ4n) is 3.65. The number of halogens is 2. The minimum atomic E-state index is -2.77. The number of nitro benzene ring substituents is 1. The topological polar surface area (TPSA) is 103 Å². The summed E-state index contributed by atoms with van der Waals surface area (Å²) in [5, 5.41) is 18.3. The SMILES string of the molecule is Cc1ccc(NC(=O)Cn2nc(C)c3c(C(F)F)cc(-c4ccccc4)nc32)c([N+](=O)[O-])c1. The minimum absolute atomic E-state index is 0.0370. The summed E-state index contributed by atoms with van der Waals surface area (Å²) in [5.74, 6) is -0.600. The van der Waals surface area contributed by atoms with E-state index in [9.17, 15) is 23.7 Å². The highest BCUT2D eigenvalue weighted by Crippen LogP contribution is 2.33. The van der Waals surface area contributed by atoms with E-state index >= 15 is 0 Å². The van der Waals surface area contributed by atoms with Crippen molar-refractivity contribution >= 4 is 28.3 Å². The smallest absolute Gasteiger partial charge is 0.293 e. The maximum Gasteiger partial charge on any atom is 0.293 e. The van der Waals surface area contributed by atoms with Gasteiger partial charge >= 0.3 is 0 Å². The zero-order chi connectivity index (χ0) is 23.7. The van der Waals surface area contributed by atoms with Gasteiger partial charge in [0.1, 0.15) is 12.2 Å². The van der Waals surface area contributed by atoms with E-state index in [0.717, 1.165) is 0 Å². The minimum Gasteiger partial charge on any atom is -0.319 e. The van der Waals surface area contributed by atoms with Gasteiger partial charge in [0.15, 0.2) is 5.65 Å². The van der Waals surface area contributed by atoms with Gasteiger partial charge in [-0.05, 0) is 31.5 Å². The van der Waals surface area contributed by atoms with Crippen LogP contribution in [0.4, 0.5) is 20.2 Å². The van der Waals surface area contributed by atoms with Gasteiger partial charge in [0, 0.05) is 17.2 Å². The number of hydrogen-bond donors (Lipinski definition) is 1. The van der Waals surface area contributed by atoms with Crippen LogP contribution in [0.5, 0.6) is 0 Å². The van der Waals surface area contributed by atoms with Crippen molar-refractivity contribution in [1.29, 1.82) is 0 Å². The lowest BCUT2D eigenvalue weighted by atomic mass is 10.1. The Morgan fingerprint density at radius 3 is 2.55 bits per heavy atom. The largest absolute Gasteiger partial charge is 0.319 e. The Labute approximate surface area is 187 Å². The predicted octanol–water partition coefficient (Wildman–Crippen LogP) is 5.20. The monoisotopic (exact) mass is 451 g/mol. The number of alkyl halides is 2. The van der Waals surface area contributed by atoms with Gasteiger partial charge in [0.25, 0.3) is 12.1 Å². The number of benzene rings is 2. The van der Waals surface area contributed by atoms with Crippen LogP contribution >= 0.6 is 0 Å². The van der Waals surface area contributed by atoms with Crippen LogP contribution in [0.3, 0.4) is 0 Å². The second-order valence-corrected chi connectivity index (χ2v) is 7.53. The first-order valence-corrected chi connectivity index (χ1v) is 10.0. The Hall–Kier alpha value is -4.21. The van der Waals surface area contributed by atoms with Gasteiger partial charge in [-0.15, -0.1) is 0 Å². The molecule has 0 aliphatic carbocycles. The third-order valence-corrected chi connectivity index (χ3v) is 5.13. The first-order valence-electron chi connectivity index (χ1n) is 10.0. The summed E-state index contributed by atoms with van der Waals surface area (Å²) in [5.41, 5.74) is 1.66. The summed E-state index contributed by atoms with van der Waals surface area (Å²) >= 11 is 0.